The van der Waals surface area contributed by atoms with Gasteiger partial charge in [0.15, 0.2) is 0 Å². The van der Waals surface area contributed by atoms with E-state index in [-0.39, 0.29) is 25.8 Å². The van der Waals surface area contributed by atoms with E-state index in [4.69, 9.17) is 5.11 Å². The van der Waals surface area contributed by atoms with Gasteiger partial charge in [-0.2, -0.15) is 5.10 Å². The Kier molecular flexibility index (Phi) is 6.94. The molecule has 0 aliphatic rings. The monoisotopic (exact) mass is 476 g/mol. The Labute approximate surface area is 139 Å². The van der Waals surface area contributed by atoms with Crippen LogP contribution in [0, 0.1) is 6.07 Å². The summed E-state index contributed by atoms with van der Waals surface area (Å²) in [6.45, 7) is 0. The van der Waals surface area contributed by atoms with Crippen molar-refractivity contribution >= 4 is 5.97 Å². The third kappa shape index (κ3) is 5.12. The Morgan fingerprint density at radius 3 is 2.59 bits per heavy atom. The van der Waals surface area contributed by atoms with E-state index in [1.54, 1.807) is 31.6 Å². The Morgan fingerprint density at radius 2 is 2.14 bits per heavy atom. The maximum atomic E-state index is 10.1. The predicted octanol–water partition coefficient (Wildman–Crippen LogP) is 0.850. The van der Waals surface area contributed by atoms with Crippen molar-refractivity contribution in [1.29, 1.82) is 0 Å². The summed E-state index contributed by atoms with van der Waals surface area (Å²) in [6.07, 6.45) is 6.10. The summed E-state index contributed by atoms with van der Waals surface area (Å²) >= 11 is 0. The van der Waals surface area contributed by atoms with Gasteiger partial charge in [0.05, 0.1) is 0 Å². The summed E-state index contributed by atoms with van der Waals surface area (Å²) in [5.74, 6) is -0.990. The van der Waals surface area contributed by atoms with Crippen molar-refractivity contribution in [2.45, 2.75) is 0 Å². The van der Waals surface area contributed by atoms with Gasteiger partial charge in [-0.05, 0) is 24.0 Å². The third-order valence-corrected chi connectivity index (χ3v) is 2.26. The molecule has 0 amide bonds. The van der Waals surface area contributed by atoms with Crippen LogP contribution in [0.25, 0.3) is 11.4 Å². The predicted molar refractivity (Wildman–Crippen MR) is 72.1 cm³/mol. The molecule has 3 aromatic heterocycles. The van der Waals surface area contributed by atoms with Crippen LogP contribution in [0.1, 0.15) is 10.5 Å². The molecule has 0 bridgehead atoms. The molecule has 0 fully saturated rings. The third-order valence-electron chi connectivity index (χ3n) is 2.26. The smallest absolute Gasteiger partial charge is 0.354 e. The number of carboxylic acids is 1. The molecule has 3 rings (SSSR count). The SMILES string of the molecule is Cn1ncc(-c2[c-]cncn2)n1.O=C(O)c1ccccn1.[Ir]. The average Bonchev–Trinajstić information content (AvgIpc) is 2.96. The minimum absolute atomic E-state index is 0. The van der Waals surface area contributed by atoms with E-state index in [1.807, 2.05) is 0 Å². The van der Waals surface area contributed by atoms with Crippen molar-refractivity contribution in [2.24, 2.45) is 7.05 Å². The Balaban J connectivity index is 0.000000219. The summed E-state index contributed by atoms with van der Waals surface area (Å²) in [5, 5.41) is 16.3. The van der Waals surface area contributed by atoms with Crippen LogP contribution in [-0.4, -0.2) is 41.0 Å². The minimum Gasteiger partial charge on any atom is -0.477 e. The zero-order chi connectivity index (χ0) is 15.1. The number of aryl methyl sites for hydroxylation is 1. The normalized spacial score (nSPS) is 9.14. The Hall–Kier alpha value is -2.51. The van der Waals surface area contributed by atoms with Gasteiger partial charge in [0.1, 0.15) is 12.0 Å². The number of nitrogens with zero attached hydrogens (tertiary/aromatic N) is 6. The molecule has 0 aromatic carbocycles. The first-order chi connectivity index (χ1) is 10.2. The molecule has 0 unspecified atom stereocenters. The van der Waals surface area contributed by atoms with Crippen LogP contribution in [0.15, 0.2) is 43.1 Å². The summed E-state index contributed by atoms with van der Waals surface area (Å²) < 4.78 is 0. The van der Waals surface area contributed by atoms with Crippen molar-refractivity contribution < 1.29 is 30.0 Å². The van der Waals surface area contributed by atoms with Crippen LogP contribution in [-0.2, 0) is 27.2 Å². The molecule has 8 nitrogen and oxygen atoms in total. The van der Waals surface area contributed by atoms with E-state index in [9.17, 15) is 4.79 Å². The molecule has 0 aliphatic carbocycles. The van der Waals surface area contributed by atoms with Crippen LogP contribution in [0.5, 0.6) is 0 Å². The number of hydrogen-bond donors (Lipinski definition) is 1. The maximum Gasteiger partial charge on any atom is 0.354 e. The molecule has 1 radical (unpaired) electrons. The van der Waals surface area contributed by atoms with Crippen molar-refractivity contribution in [3.63, 3.8) is 0 Å². The summed E-state index contributed by atoms with van der Waals surface area (Å²) in [7, 11) is 1.75. The second-order valence-corrected chi connectivity index (χ2v) is 3.76. The molecule has 115 valence electrons. The fourth-order valence-electron chi connectivity index (χ4n) is 1.34. The molecule has 0 atom stereocenters. The first-order valence-electron chi connectivity index (χ1n) is 5.85. The van der Waals surface area contributed by atoms with Gasteiger partial charge < -0.3 is 5.11 Å². The molecule has 9 heteroatoms. The van der Waals surface area contributed by atoms with Crippen molar-refractivity contribution in [1.82, 2.24) is 29.9 Å². The molecule has 0 saturated heterocycles. The van der Waals surface area contributed by atoms with Gasteiger partial charge in [-0.3, -0.25) is 15.1 Å². The van der Waals surface area contributed by atoms with Crippen LogP contribution in [0.2, 0.25) is 0 Å². The Bertz CT molecular complexity index is 705. The number of hydrogen-bond acceptors (Lipinski definition) is 6. The van der Waals surface area contributed by atoms with E-state index in [0.717, 1.165) is 0 Å². The van der Waals surface area contributed by atoms with Gasteiger partial charge in [0.2, 0.25) is 0 Å². The number of carboxylic acid groups (broad SMARTS) is 1. The molecule has 0 aliphatic heterocycles. The molecule has 0 spiro atoms. The van der Waals surface area contributed by atoms with Crippen molar-refractivity contribution in [2.75, 3.05) is 0 Å². The second-order valence-electron chi connectivity index (χ2n) is 3.76. The standard InChI is InChI=1S/C7H6N5.C6H5NO2.Ir/c1-12-10-4-7(11-12)6-2-3-8-5-9-6;8-6(9)5-3-1-2-4-7-5;/h3-5H,1H3;1-4H,(H,8,9);/q-1;;. The molecule has 0 saturated carbocycles. The molecular weight excluding hydrogens is 464 g/mol. The summed E-state index contributed by atoms with van der Waals surface area (Å²) in [6, 6.07) is 7.62. The number of pyridine rings is 1. The van der Waals surface area contributed by atoms with Crippen LogP contribution < -0.4 is 0 Å². The maximum absolute atomic E-state index is 10.1. The van der Waals surface area contributed by atoms with Crippen molar-refractivity contribution in [3.8, 4) is 11.4 Å². The molecule has 1 N–H and O–H groups in total. The molecule has 3 heterocycles. The van der Waals surface area contributed by atoms with Crippen LogP contribution in [0.4, 0.5) is 0 Å². The molecule has 22 heavy (non-hydrogen) atoms. The quantitative estimate of drug-likeness (QED) is 0.548. The summed E-state index contributed by atoms with van der Waals surface area (Å²) in [4.78, 5) is 22.9. The van der Waals surface area contributed by atoms with Gasteiger partial charge in [0.25, 0.3) is 0 Å². The zero-order valence-corrected chi connectivity index (χ0v) is 13.8. The van der Waals surface area contributed by atoms with Gasteiger partial charge in [0, 0.05) is 33.3 Å². The molecular formula is C13H11IrN6O2-. The van der Waals surface area contributed by atoms with Gasteiger partial charge in [-0.15, -0.1) is 0 Å². The first-order valence-corrected chi connectivity index (χ1v) is 5.85. The number of aromatic carboxylic acids is 1. The minimum atomic E-state index is -0.990. The largest absolute Gasteiger partial charge is 0.477 e. The molecule has 3 aromatic rings. The van der Waals surface area contributed by atoms with E-state index in [0.29, 0.717) is 11.4 Å². The zero-order valence-electron chi connectivity index (χ0n) is 11.4. The fourth-order valence-corrected chi connectivity index (χ4v) is 1.34. The number of carbonyl (C=O) groups is 1. The van der Waals surface area contributed by atoms with Crippen LogP contribution >= 0.6 is 0 Å². The van der Waals surface area contributed by atoms with Gasteiger partial charge >= 0.3 is 5.97 Å². The van der Waals surface area contributed by atoms with E-state index < -0.39 is 5.97 Å². The average molecular weight is 475 g/mol. The topological polar surface area (TPSA) is 107 Å². The van der Waals surface area contributed by atoms with Gasteiger partial charge in [-0.25, -0.2) is 20.6 Å². The second kappa shape index (κ2) is 8.70. The van der Waals surface area contributed by atoms with E-state index in [1.165, 1.54) is 23.4 Å². The Morgan fingerprint density at radius 1 is 1.32 bits per heavy atom. The van der Waals surface area contributed by atoms with E-state index in [2.05, 4.69) is 31.2 Å². The van der Waals surface area contributed by atoms with Gasteiger partial charge in [-0.1, -0.05) is 18.0 Å². The first kappa shape index (κ1) is 17.5. The number of aromatic nitrogens is 6. The van der Waals surface area contributed by atoms with E-state index >= 15 is 0 Å². The summed E-state index contributed by atoms with van der Waals surface area (Å²) in [5.41, 5.74) is 1.45. The number of rotatable bonds is 2. The van der Waals surface area contributed by atoms with Crippen LogP contribution in [0.3, 0.4) is 0 Å². The van der Waals surface area contributed by atoms with Crippen molar-refractivity contribution in [3.05, 3.63) is 54.9 Å². The fraction of sp³-hybridized carbons (Fsp3) is 0.0769.